The molecule has 9 heteroatoms. The standard InChI is InChI=1S/C23H27N3O5S/c1-6-26(11-15-7-8-16(29-4)17(10-15)30-5)18(27)12-31-23(28)21-20(24)19-13(2)9-14(3)25-22(19)32-21/h7-10H,6,11-12,24H2,1-5H3. The second-order valence-corrected chi connectivity index (χ2v) is 8.28. The van der Waals surface area contributed by atoms with Gasteiger partial charge in [-0.3, -0.25) is 4.79 Å². The molecule has 3 aromatic rings. The van der Waals surface area contributed by atoms with Gasteiger partial charge in [0.2, 0.25) is 0 Å². The molecular formula is C23H27N3O5S. The van der Waals surface area contributed by atoms with Gasteiger partial charge in [0.05, 0.1) is 19.9 Å². The van der Waals surface area contributed by atoms with Crippen molar-refractivity contribution in [2.75, 3.05) is 33.1 Å². The van der Waals surface area contributed by atoms with Gasteiger partial charge >= 0.3 is 5.97 Å². The molecule has 2 N–H and O–H groups in total. The van der Waals surface area contributed by atoms with Crippen LogP contribution in [0.5, 0.6) is 11.5 Å². The van der Waals surface area contributed by atoms with Gasteiger partial charge < -0.3 is 24.8 Å². The number of carbonyl (C=O) groups excluding carboxylic acids is 2. The van der Waals surface area contributed by atoms with Crippen LogP contribution in [0.3, 0.4) is 0 Å². The number of benzene rings is 1. The summed E-state index contributed by atoms with van der Waals surface area (Å²) >= 11 is 1.18. The Hall–Kier alpha value is -3.33. The number of nitrogens with two attached hydrogens (primary N) is 1. The molecule has 2 heterocycles. The maximum Gasteiger partial charge on any atom is 0.351 e. The molecule has 0 saturated heterocycles. The van der Waals surface area contributed by atoms with Crippen molar-refractivity contribution in [3.05, 3.63) is 46.0 Å². The van der Waals surface area contributed by atoms with E-state index in [1.54, 1.807) is 25.2 Å². The van der Waals surface area contributed by atoms with Crippen molar-refractivity contribution in [3.63, 3.8) is 0 Å². The minimum Gasteiger partial charge on any atom is -0.493 e. The van der Waals surface area contributed by atoms with Crippen molar-refractivity contribution in [3.8, 4) is 11.5 Å². The average molecular weight is 458 g/mol. The summed E-state index contributed by atoms with van der Waals surface area (Å²) in [5.41, 5.74) is 9.19. The van der Waals surface area contributed by atoms with Crippen molar-refractivity contribution >= 4 is 39.1 Å². The summed E-state index contributed by atoms with van der Waals surface area (Å²) < 4.78 is 15.9. The van der Waals surface area contributed by atoms with Gasteiger partial charge in [0.15, 0.2) is 18.1 Å². The van der Waals surface area contributed by atoms with Gasteiger partial charge in [-0.15, -0.1) is 11.3 Å². The van der Waals surface area contributed by atoms with E-state index in [0.717, 1.165) is 22.2 Å². The molecule has 32 heavy (non-hydrogen) atoms. The number of ether oxygens (including phenoxy) is 3. The fourth-order valence-corrected chi connectivity index (χ4v) is 4.59. The van der Waals surface area contributed by atoms with Gasteiger partial charge in [0.1, 0.15) is 9.71 Å². The summed E-state index contributed by atoms with van der Waals surface area (Å²) in [4.78, 5) is 32.3. The number of likely N-dealkylation sites (N-methyl/N-ethyl adjacent to an activating group) is 1. The molecule has 1 amide bonds. The zero-order valence-electron chi connectivity index (χ0n) is 18.9. The molecule has 0 radical (unpaired) electrons. The second kappa shape index (κ2) is 9.86. The summed E-state index contributed by atoms with van der Waals surface area (Å²) in [5, 5.41) is 0.752. The molecule has 8 nitrogen and oxygen atoms in total. The fourth-order valence-electron chi connectivity index (χ4n) is 3.48. The van der Waals surface area contributed by atoms with Crippen LogP contribution in [0.4, 0.5) is 5.69 Å². The molecule has 0 aliphatic heterocycles. The number of anilines is 1. The zero-order valence-corrected chi connectivity index (χ0v) is 19.7. The van der Waals surface area contributed by atoms with E-state index < -0.39 is 5.97 Å². The van der Waals surface area contributed by atoms with Gasteiger partial charge in [-0.25, -0.2) is 9.78 Å². The van der Waals surface area contributed by atoms with E-state index in [2.05, 4.69) is 4.98 Å². The number of hydrogen-bond acceptors (Lipinski definition) is 8. The maximum absolute atomic E-state index is 12.7. The third kappa shape index (κ3) is 4.77. The Labute approximate surface area is 190 Å². The smallest absolute Gasteiger partial charge is 0.351 e. The summed E-state index contributed by atoms with van der Waals surface area (Å²) in [6, 6.07) is 7.38. The van der Waals surface area contributed by atoms with E-state index in [1.807, 2.05) is 39.0 Å². The molecule has 3 rings (SSSR count). The van der Waals surface area contributed by atoms with Gasteiger partial charge in [0.25, 0.3) is 5.91 Å². The van der Waals surface area contributed by atoms with E-state index in [0.29, 0.717) is 35.1 Å². The van der Waals surface area contributed by atoms with Crippen molar-refractivity contribution in [2.24, 2.45) is 0 Å². The first-order chi connectivity index (χ1) is 15.3. The molecule has 0 spiro atoms. The number of aromatic nitrogens is 1. The number of methoxy groups -OCH3 is 2. The van der Waals surface area contributed by atoms with Crippen molar-refractivity contribution in [1.29, 1.82) is 0 Å². The predicted octanol–water partition coefficient (Wildman–Crippen LogP) is 3.72. The Morgan fingerprint density at radius 1 is 1.12 bits per heavy atom. The fraction of sp³-hybridized carbons (Fsp3) is 0.348. The number of pyridine rings is 1. The molecule has 2 aromatic heterocycles. The Morgan fingerprint density at radius 3 is 2.50 bits per heavy atom. The minimum atomic E-state index is -0.627. The lowest BCUT2D eigenvalue weighted by Crippen LogP contribution is -2.34. The van der Waals surface area contributed by atoms with Crippen LogP contribution in [-0.4, -0.2) is 49.1 Å². The number of aryl methyl sites for hydroxylation is 2. The van der Waals surface area contributed by atoms with Crippen LogP contribution in [-0.2, 0) is 16.1 Å². The zero-order chi connectivity index (χ0) is 23.4. The predicted molar refractivity (Wildman–Crippen MR) is 124 cm³/mol. The highest BCUT2D eigenvalue weighted by Crippen LogP contribution is 2.35. The van der Waals surface area contributed by atoms with Crippen LogP contribution < -0.4 is 15.2 Å². The quantitative estimate of drug-likeness (QED) is 0.514. The molecule has 0 aliphatic rings. The Balaban J connectivity index is 1.69. The van der Waals surface area contributed by atoms with Crippen LogP contribution in [0.15, 0.2) is 24.3 Å². The highest BCUT2D eigenvalue weighted by atomic mass is 32.1. The minimum absolute atomic E-state index is 0.261. The average Bonchev–Trinajstić information content (AvgIpc) is 3.11. The monoisotopic (exact) mass is 457 g/mol. The van der Waals surface area contributed by atoms with Crippen molar-refractivity contribution in [2.45, 2.75) is 27.3 Å². The number of thiophene rings is 1. The molecule has 0 aliphatic carbocycles. The number of nitrogens with zero attached hydrogens (tertiary/aromatic N) is 2. The molecule has 170 valence electrons. The highest BCUT2D eigenvalue weighted by Gasteiger charge is 2.22. The number of rotatable bonds is 8. The number of carbonyl (C=O) groups is 2. The number of esters is 1. The van der Waals surface area contributed by atoms with Crippen LogP contribution in [0, 0.1) is 13.8 Å². The first-order valence-corrected chi connectivity index (χ1v) is 10.9. The van der Waals surface area contributed by atoms with Crippen molar-refractivity contribution in [1.82, 2.24) is 9.88 Å². The first kappa shape index (κ1) is 23.3. The van der Waals surface area contributed by atoms with E-state index in [-0.39, 0.29) is 17.4 Å². The van der Waals surface area contributed by atoms with Gasteiger partial charge in [0, 0.05) is 24.2 Å². The SMILES string of the molecule is CCN(Cc1ccc(OC)c(OC)c1)C(=O)COC(=O)c1sc2nc(C)cc(C)c2c1N. The van der Waals surface area contributed by atoms with E-state index >= 15 is 0 Å². The van der Waals surface area contributed by atoms with Crippen LogP contribution >= 0.6 is 11.3 Å². The van der Waals surface area contributed by atoms with Gasteiger partial charge in [-0.1, -0.05) is 6.07 Å². The lowest BCUT2D eigenvalue weighted by Gasteiger charge is -2.21. The van der Waals surface area contributed by atoms with Crippen molar-refractivity contribution < 1.29 is 23.8 Å². The molecule has 0 saturated carbocycles. The third-order valence-corrected chi connectivity index (χ3v) is 6.17. The lowest BCUT2D eigenvalue weighted by atomic mass is 10.1. The Kier molecular flexibility index (Phi) is 7.19. The maximum atomic E-state index is 12.7. The highest BCUT2D eigenvalue weighted by molar-refractivity contribution is 7.21. The van der Waals surface area contributed by atoms with Crippen LogP contribution in [0.1, 0.15) is 33.4 Å². The molecule has 1 aromatic carbocycles. The number of fused-ring (bicyclic) bond motifs is 1. The van der Waals surface area contributed by atoms with Gasteiger partial charge in [-0.2, -0.15) is 0 Å². The summed E-state index contributed by atoms with van der Waals surface area (Å²) in [6.45, 7) is 6.10. The van der Waals surface area contributed by atoms with E-state index in [9.17, 15) is 9.59 Å². The van der Waals surface area contributed by atoms with Crippen LogP contribution in [0.25, 0.3) is 10.2 Å². The number of nitrogen functional groups attached to an aromatic ring is 1. The Morgan fingerprint density at radius 2 is 1.84 bits per heavy atom. The van der Waals surface area contributed by atoms with Gasteiger partial charge in [-0.05, 0) is 50.1 Å². The largest absolute Gasteiger partial charge is 0.493 e. The van der Waals surface area contributed by atoms with Crippen LogP contribution in [0.2, 0.25) is 0 Å². The summed E-state index contributed by atoms with van der Waals surface area (Å²) in [5.74, 6) is 0.262. The first-order valence-electron chi connectivity index (χ1n) is 10.1. The lowest BCUT2D eigenvalue weighted by molar-refractivity contribution is -0.134. The molecule has 0 fully saturated rings. The van der Waals surface area contributed by atoms with E-state index in [4.69, 9.17) is 19.9 Å². The molecular weight excluding hydrogens is 430 g/mol. The molecule has 0 bridgehead atoms. The summed E-state index contributed by atoms with van der Waals surface area (Å²) in [7, 11) is 3.12. The summed E-state index contributed by atoms with van der Waals surface area (Å²) in [6.07, 6.45) is 0. The second-order valence-electron chi connectivity index (χ2n) is 7.28. The topological polar surface area (TPSA) is 104 Å². The number of hydrogen-bond donors (Lipinski definition) is 1. The third-order valence-electron chi connectivity index (χ3n) is 5.09. The Bertz CT molecular complexity index is 1160. The number of amides is 1. The molecule has 0 unspecified atom stereocenters. The van der Waals surface area contributed by atoms with E-state index in [1.165, 1.54) is 11.3 Å². The molecule has 0 atom stereocenters. The normalized spacial score (nSPS) is 10.8.